The molecule has 0 spiro atoms. The minimum Gasteiger partial charge on any atom is -0.493 e. The molecule has 0 aliphatic carbocycles. The Bertz CT molecular complexity index is 1160. The summed E-state index contributed by atoms with van der Waals surface area (Å²) in [5.74, 6) is 4.04. The number of terminal acetylenes is 1. The number of aryl methyl sites for hydroxylation is 1. The number of benzene rings is 2. The maximum Gasteiger partial charge on any atom is 0.282 e. The zero-order valence-corrected chi connectivity index (χ0v) is 17.8. The summed E-state index contributed by atoms with van der Waals surface area (Å²) >= 11 is 3.40. The first-order valence-corrected chi connectivity index (χ1v) is 9.87. The van der Waals surface area contributed by atoms with Crippen LogP contribution in [0.25, 0.3) is 10.9 Å². The van der Waals surface area contributed by atoms with E-state index in [0.717, 1.165) is 10.9 Å². The summed E-state index contributed by atoms with van der Waals surface area (Å²) in [6.07, 6.45) is 8.33. The van der Waals surface area contributed by atoms with Gasteiger partial charge in [-0.15, -0.1) is 6.42 Å². The number of methoxy groups -OCH3 is 1. The van der Waals surface area contributed by atoms with E-state index in [1.165, 1.54) is 4.68 Å². The minimum atomic E-state index is -0.231. The molecule has 0 aliphatic rings. The molecule has 0 aliphatic heterocycles. The normalized spacial score (nSPS) is 11.0. The van der Waals surface area contributed by atoms with E-state index in [9.17, 15) is 4.79 Å². The Labute approximate surface area is 177 Å². The summed E-state index contributed by atoms with van der Waals surface area (Å²) in [5, 5.41) is 4.92. The molecule has 1 aromatic heterocycles. The van der Waals surface area contributed by atoms with Crippen molar-refractivity contribution in [1.82, 2.24) is 9.66 Å². The lowest BCUT2D eigenvalue weighted by Crippen LogP contribution is -2.22. The van der Waals surface area contributed by atoms with E-state index < -0.39 is 0 Å². The summed E-state index contributed by atoms with van der Waals surface area (Å²) in [6.45, 7) is 2.12. The van der Waals surface area contributed by atoms with Crippen molar-refractivity contribution < 1.29 is 9.47 Å². The minimum absolute atomic E-state index is 0.0911. The SMILES string of the molecule is C#CCOc1c(C=Nn2c(CCC)nc3ccc(Br)cc3c2=O)cccc1OC. The highest BCUT2D eigenvalue weighted by Crippen LogP contribution is 2.30. The Morgan fingerprint density at radius 3 is 2.90 bits per heavy atom. The number of hydrogen-bond donors (Lipinski definition) is 0. The van der Waals surface area contributed by atoms with Gasteiger partial charge >= 0.3 is 0 Å². The predicted molar refractivity (Wildman–Crippen MR) is 118 cm³/mol. The standard InChI is InChI=1S/C22H20BrN3O3/c1-4-7-20-25-18-11-10-16(23)13-17(18)22(27)26(20)24-14-15-8-6-9-19(28-3)21(15)29-12-5-2/h2,6,8-11,13-14H,4,7,12H2,1,3H3. The van der Waals surface area contributed by atoms with Crippen LogP contribution in [0.15, 0.2) is 50.8 Å². The average molecular weight is 454 g/mol. The van der Waals surface area contributed by atoms with Crippen LogP contribution in [0.3, 0.4) is 0 Å². The van der Waals surface area contributed by atoms with E-state index in [0.29, 0.717) is 40.2 Å². The van der Waals surface area contributed by atoms with Gasteiger partial charge in [-0.05, 0) is 36.8 Å². The van der Waals surface area contributed by atoms with Gasteiger partial charge in [0, 0.05) is 16.5 Å². The van der Waals surface area contributed by atoms with E-state index >= 15 is 0 Å². The van der Waals surface area contributed by atoms with Gasteiger partial charge in [-0.2, -0.15) is 9.78 Å². The van der Waals surface area contributed by atoms with Crippen LogP contribution in [0.4, 0.5) is 0 Å². The van der Waals surface area contributed by atoms with Crippen molar-refractivity contribution in [2.75, 3.05) is 13.7 Å². The molecule has 0 unspecified atom stereocenters. The zero-order chi connectivity index (χ0) is 20.8. The quantitative estimate of drug-likeness (QED) is 0.400. The van der Waals surface area contributed by atoms with Crippen LogP contribution < -0.4 is 15.0 Å². The van der Waals surface area contributed by atoms with Crippen molar-refractivity contribution in [2.24, 2.45) is 5.10 Å². The second-order valence-electron chi connectivity index (χ2n) is 6.17. The van der Waals surface area contributed by atoms with Gasteiger partial charge in [0.2, 0.25) is 0 Å². The Balaban J connectivity index is 2.13. The van der Waals surface area contributed by atoms with Crippen molar-refractivity contribution in [3.05, 3.63) is 62.6 Å². The number of fused-ring (bicyclic) bond motifs is 1. The lowest BCUT2D eigenvalue weighted by Gasteiger charge is -2.12. The molecule has 0 atom stereocenters. The molecule has 3 rings (SSSR count). The van der Waals surface area contributed by atoms with Crippen LogP contribution in [0.5, 0.6) is 11.5 Å². The smallest absolute Gasteiger partial charge is 0.282 e. The molecule has 0 amide bonds. The van der Waals surface area contributed by atoms with Gasteiger partial charge in [0.05, 0.1) is 24.2 Å². The van der Waals surface area contributed by atoms with Crippen molar-refractivity contribution in [2.45, 2.75) is 19.8 Å². The average Bonchev–Trinajstić information content (AvgIpc) is 2.73. The first kappa shape index (κ1) is 20.6. The molecule has 2 aromatic carbocycles. The highest BCUT2D eigenvalue weighted by Gasteiger charge is 2.12. The Hall–Kier alpha value is -3.11. The third-order valence-corrected chi connectivity index (χ3v) is 4.68. The molecule has 7 heteroatoms. The maximum absolute atomic E-state index is 13.1. The Kier molecular flexibility index (Phi) is 6.68. The van der Waals surface area contributed by atoms with Gasteiger partial charge in [0.1, 0.15) is 12.4 Å². The number of aromatic nitrogens is 2. The van der Waals surface area contributed by atoms with Crippen molar-refractivity contribution >= 4 is 33.0 Å². The molecular weight excluding hydrogens is 434 g/mol. The molecule has 0 bridgehead atoms. The Morgan fingerprint density at radius 1 is 1.34 bits per heavy atom. The van der Waals surface area contributed by atoms with Crippen LogP contribution in [-0.4, -0.2) is 29.6 Å². The molecule has 29 heavy (non-hydrogen) atoms. The van der Waals surface area contributed by atoms with E-state index in [2.05, 4.69) is 31.9 Å². The summed E-state index contributed by atoms with van der Waals surface area (Å²) in [4.78, 5) is 17.7. The van der Waals surface area contributed by atoms with Gasteiger partial charge in [-0.25, -0.2) is 4.98 Å². The Morgan fingerprint density at radius 2 is 2.17 bits per heavy atom. The third-order valence-electron chi connectivity index (χ3n) is 4.19. The van der Waals surface area contributed by atoms with Gasteiger partial charge in [0.25, 0.3) is 5.56 Å². The first-order chi connectivity index (χ1) is 14.1. The predicted octanol–water partition coefficient (Wildman–Crippen LogP) is 4.01. The molecular formula is C22H20BrN3O3. The lowest BCUT2D eigenvalue weighted by molar-refractivity contribution is 0.330. The van der Waals surface area contributed by atoms with Gasteiger partial charge in [-0.3, -0.25) is 4.79 Å². The second-order valence-corrected chi connectivity index (χ2v) is 7.09. The summed E-state index contributed by atoms with van der Waals surface area (Å²) < 4.78 is 13.1. The molecule has 0 N–H and O–H groups in total. The number of para-hydroxylation sites is 1. The van der Waals surface area contributed by atoms with E-state index in [1.54, 1.807) is 25.5 Å². The zero-order valence-electron chi connectivity index (χ0n) is 16.2. The van der Waals surface area contributed by atoms with Crippen LogP contribution >= 0.6 is 15.9 Å². The molecule has 0 fully saturated rings. The molecule has 0 saturated carbocycles. The molecule has 3 aromatic rings. The largest absolute Gasteiger partial charge is 0.493 e. The molecule has 6 nitrogen and oxygen atoms in total. The van der Waals surface area contributed by atoms with E-state index in [4.69, 9.17) is 15.9 Å². The number of halogens is 1. The number of rotatable bonds is 7. The summed E-state index contributed by atoms with van der Waals surface area (Å²) in [5.41, 5.74) is 1.06. The topological polar surface area (TPSA) is 65.7 Å². The number of hydrogen-bond acceptors (Lipinski definition) is 5. The van der Waals surface area contributed by atoms with Crippen LogP contribution in [-0.2, 0) is 6.42 Å². The fourth-order valence-corrected chi connectivity index (χ4v) is 3.24. The van der Waals surface area contributed by atoms with Crippen LogP contribution in [0, 0.1) is 12.3 Å². The molecule has 0 saturated heterocycles. The highest BCUT2D eigenvalue weighted by molar-refractivity contribution is 9.10. The van der Waals surface area contributed by atoms with E-state index in [1.807, 2.05) is 31.2 Å². The summed E-state index contributed by atoms with van der Waals surface area (Å²) in [6, 6.07) is 10.8. The molecule has 0 radical (unpaired) electrons. The first-order valence-electron chi connectivity index (χ1n) is 9.07. The van der Waals surface area contributed by atoms with Crippen molar-refractivity contribution in [3.8, 4) is 23.8 Å². The van der Waals surface area contributed by atoms with Gasteiger partial charge in [0.15, 0.2) is 11.5 Å². The fourth-order valence-electron chi connectivity index (χ4n) is 2.88. The van der Waals surface area contributed by atoms with Crippen LogP contribution in [0.2, 0.25) is 0 Å². The fraction of sp³-hybridized carbons (Fsp3) is 0.227. The molecule has 148 valence electrons. The monoisotopic (exact) mass is 453 g/mol. The van der Waals surface area contributed by atoms with Crippen molar-refractivity contribution in [1.29, 1.82) is 0 Å². The summed E-state index contributed by atoms with van der Waals surface area (Å²) in [7, 11) is 1.55. The van der Waals surface area contributed by atoms with Crippen molar-refractivity contribution in [3.63, 3.8) is 0 Å². The maximum atomic E-state index is 13.1. The number of nitrogens with zero attached hydrogens (tertiary/aromatic N) is 3. The van der Waals surface area contributed by atoms with Crippen LogP contribution in [0.1, 0.15) is 24.7 Å². The highest BCUT2D eigenvalue weighted by atomic mass is 79.9. The van der Waals surface area contributed by atoms with Gasteiger partial charge < -0.3 is 9.47 Å². The third kappa shape index (κ3) is 4.49. The second kappa shape index (κ2) is 9.39. The van der Waals surface area contributed by atoms with Gasteiger partial charge in [-0.1, -0.05) is 34.8 Å². The number of ether oxygens (including phenoxy) is 2. The van der Waals surface area contributed by atoms with E-state index in [-0.39, 0.29) is 12.2 Å². The molecule has 1 heterocycles. The lowest BCUT2D eigenvalue weighted by atomic mass is 10.2.